The highest BCUT2D eigenvalue weighted by Crippen LogP contribution is 2.35. The second-order valence-corrected chi connectivity index (χ2v) is 11.1. The molecule has 2 aromatic rings. The highest BCUT2D eigenvalue weighted by molar-refractivity contribution is 6.31. The van der Waals surface area contributed by atoms with Crippen molar-refractivity contribution in [1.29, 1.82) is 0 Å². The molecule has 38 heavy (non-hydrogen) atoms. The van der Waals surface area contributed by atoms with E-state index in [-0.39, 0.29) is 34.7 Å². The number of nitrogens with one attached hydrogen (secondary N) is 4. The summed E-state index contributed by atoms with van der Waals surface area (Å²) >= 11 is 5.93. The molecule has 4 rings (SSSR count). The molecule has 2 heterocycles. The molecule has 206 valence electrons. The molecule has 12 heteroatoms. The number of hydrogen-bond donors (Lipinski definition) is 4. The van der Waals surface area contributed by atoms with Gasteiger partial charge in [-0.2, -0.15) is 0 Å². The molecule has 2 fully saturated rings. The Balaban J connectivity index is 1.51. The summed E-state index contributed by atoms with van der Waals surface area (Å²) in [6, 6.07) is 0.774. The average molecular weight is 551 g/mol. The first-order chi connectivity index (χ1) is 17.9. The van der Waals surface area contributed by atoms with Gasteiger partial charge in [-0.05, 0) is 51.2 Å². The van der Waals surface area contributed by atoms with Crippen molar-refractivity contribution in [3.8, 4) is 5.75 Å². The average Bonchev–Trinajstić information content (AvgIpc) is 3.51. The van der Waals surface area contributed by atoms with E-state index in [1.54, 1.807) is 0 Å². The van der Waals surface area contributed by atoms with Gasteiger partial charge in [0.05, 0.1) is 24.8 Å². The lowest BCUT2D eigenvalue weighted by atomic mass is 9.91. The number of methoxy groups -OCH3 is 2. The van der Waals surface area contributed by atoms with E-state index in [1.807, 2.05) is 13.8 Å². The first kappa shape index (κ1) is 27.7. The number of H-pyrrole nitrogens is 1. The van der Waals surface area contributed by atoms with Crippen molar-refractivity contribution < 1.29 is 33.0 Å². The van der Waals surface area contributed by atoms with Gasteiger partial charge in [-0.25, -0.2) is 9.18 Å². The number of amides is 3. The zero-order valence-corrected chi connectivity index (χ0v) is 22.5. The summed E-state index contributed by atoms with van der Waals surface area (Å²) < 4.78 is 24.3. The molecule has 3 amide bonds. The van der Waals surface area contributed by atoms with Crippen LogP contribution in [0.2, 0.25) is 5.02 Å². The Labute approximate surface area is 224 Å². The van der Waals surface area contributed by atoms with E-state index in [9.17, 15) is 23.6 Å². The van der Waals surface area contributed by atoms with Crippen molar-refractivity contribution >= 4 is 46.2 Å². The fraction of sp³-hybridized carbons (Fsp3) is 0.538. The molecule has 4 N–H and O–H groups in total. The largest absolute Gasteiger partial charge is 0.493 e. The van der Waals surface area contributed by atoms with Crippen molar-refractivity contribution in [1.82, 2.24) is 20.9 Å². The quantitative estimate of drug-likeness (QED) is 0.336. The predicted octanol–water partition coefficient (Wildman–Crippen LogP) is 2.83. The summed E-state index contributed by atoms with van der Waals surface area (Å²) in [6.07, 6.45) is 2.82. The number of halogens is 2. The number of carbonyl (C=O) groups is 4. The van der Waals surface area contributed by atoms with Crippen LogP contribution in [-0.2, 0) is 19.1 Å². The van der Waals surface area contributed by atoms with Gasteiger partial charge < -0.3 is 30.4 Å². The lowest BCUT2D eigenvalue weighted by Crippen LogP contribution is -2.52. The molecule has 1 aromatic carbocycles. The summed E-state index contributed by atoms with van der Waals surface area (Å²) in [5.74, 6) is -3.06. The summed E-state index contributed by atoms with van der Waals surface area (Å²) in [4.78, 5) is 54.2. The van der Waals surface area contributed by atoms with Gasteiger partial charge in [-0.3, -0.25) is 14.4 Å². The number of hydrogen-bond acceptors (Lipinski definition) is 6. The van der Waals surface area contributed by atoms with Crippen LogP contribution >= 0.6 is 11.6 Å². The van der Waals surface area contributed by atoms with E-state index in [4.69, 9.17) is 21.1 Å². The fourth-order valence-corrected chi connectivity index (χ4v) is 5.16. The first-order valence-electron chi connectivity index (χ1n) is 12.5. The van der Waals surface area contributed by atoms with Crippen LogP contribution in [0.1, 0.15) is 56.4 Å². The second kappa shape index (κ2) is 10.8. The van der Waals surface area contributed by atoms with E-state index in [2.05, 4.69) is 20.9 Å². The molecule has 1 saturated carbocycles. The maximum Gasteiger partial charge on any atom is 0.328 e. The third-order valence-corrected chi connectivity index (χ3v) is 7.30. The molecule has 1 saturated heterocycles. The molecule has 1 aromatic heterocycles. The lowest BCUT2D eigenvalue weighted by molar-refractivity contribution is -0.146. The number of esters is 1. The number of aromatic nitrogens is 1. The molecule has 10 nitrogen and oxygen atoms in total. The Morgan fingerprint density at radius 3 is 2.45 bits per heavy atom. The molecule has 0 spiro atoms. The zero-order chi connectivity index (χ0) is 27.8. The molecule has 1 aliphatic heterocycles. The van der Waals surface area contributed by atoms with Gasteiger partial charge in [0.25, 0.3) is 5.91 Å². The minimum Gasteiger partial charge on any atom is -0.493 e. The Morgan fingerprint density at radius 2 is 1.87 bits per heavy atom. The van der Waals surface area contributed by atoms with E-state index < -0.39 is 47.1 Å². The Bertz CT molecular complexity index is 1270. The van der Waals surface area contributed by atoms with Crippen LogP contribution in [0.3, 0.4) is 0 Å². The molecular formula is C26H32ClFN4O6. The standard InChI is InChI=1S/C26H32ClFN4O6/c1-26(2)11-13(22(33)32-26)8-19(25(36)38-4)31-23(34)17(7-12-5-6-12)30-24(35)18-9-14-16(29-18)10-15(27)20(28)21(14)37-3/h9-10,12-13,17,19,29H,5-8,11H2,1-4H3,(H,30,35)(H,31,34)(H,32,33)/t13-,17?,19?/m1/s1. The molecule has 3 atom stereocenters. The van der Waals surface area contributed by atoms with Gasteiger partial charge in [0, 0.05) is 16.8 Å². The number of ether oxygens (including phenoxy) is 2. The number of fused-ring (bicyclic) bond motifs is 1. The fourth-order valence-electron chi connectivity index (χ4n) is 4.96. The molecule has 1 aliphatic carbocycles. The van der Waals surface area contributed by atoms with Gasteiger partial charge in [-0.15, -0.1) is 0 Å². The van der Waals surface area contributed by atoms with Gasteiger partial charge in [-0.1, -0.05) is 24.4 Å². The van der Waals surface area contributed by atoms with E-state index >= 15 is 0 Å². The van der Waals surface area contributed by atoms with Crippen molar-refractivity contribution in [3.63, 3.8) is 0 Å². The van der Waals surface area contributed by atoms with Gasteiger partial charge in [0.2, 0.25) is 11.8 Å². The van der Waals surface area contributed by atoms with Gasteiger partial charge >= 0.3 is 5.97 Å². The predicted molar refractivity (Wildman–Crippen MR) is 137 cm³/mol. The van der Waals surface area contributed by atoms with Crippen LogP contribution in [0.5, 0.6) is 5.75 Å². The summed E-state index contributed by atoms with van der Waals surface area (Å²) in [7, 11) is 2.51. The lowest BCUT2D eigenvalue weighted by Gasteiger charge is -2.23. The molecule has 2 unspecified atom stereocenters. The SMILES string of the molecule is COC(=O)C(C[C@@H]1CC(C)(C)NC1=O)NC(=O)C(CC1CC1)NC(=O)c1cc2c(OC)c(F)c(Cl)cc2[nH]1. The topological polar surface area (TPSA) is 139 Å². The number of benzene rings is 1. The van der Waals surface area contributed by atoms with Crippen molar-refractivity contribution in [2.75, 3.05) is 14.2 Å². The molecular weight excluding hydrogens is 519 g/mol. The molecule has 0 radical (unpaired) electrons. The summed E-state index contributed by atoms with van der Waals surface area (Å²) in [6.45, 7) is 3.78. The van der Waals surface area contributed by atoms with Crippen LogP contribution in [0.4, 0.5) is 4.39 Å². The van der Waals surface area contributed by atoms with Crippen LogP contribution in [0, 0.1) is 17.7 Å². The first-order valence-corrected chi connectivity index (χ1v) is 12.9. The monoisotopic (exact) mass is 550 g/mol. The maximum absolute atomic E-state index is 14.3. The Kier molecular flexibility index (Phi) is 7.87. The minimum absolute atomic E-state index is 0.0753. The number of rotatable bonds is 10. The van der Waals surface area contributed by atoms with Crippen molar-refractivity contribution in [2.45, 2.75) is 63.6 Å². The maximum atomic E-state index is 14.3. The normalized spacial score (nSPS) is 19.9. The smallest absolute Gasteiger partial charge is 0.328 e. The number of carbonyl (C=O) groups excluding carboxylic acids is 4. The molecule has 2 aliphatic rings. The highest BCUT2D eigenvalue weighted by atomic mass is 35.5. The van der Waals surface area contributed by atoms with Crippen LogP contribution in [0.25, 0.3) is 10.9 Å². The minimum atomic E-state index is -1.06. The Morgan fingerprint density at radius 1 is 1.16 bits per heavy atom. The Hall–Kier alpha value is -3.34. The van der Waals surface area contributed by atoms with E-state index in [0.717, 1.165) is 12.8 Å². The van der Waals surface area contributed by atoms with E-state index in [1.165, 1.54) is 26.4 Å². The second-order valence-electron chi connectivity index (χ2n) is 10.6. The van der Waals surface area contributed by atoms with Crippen LogP contribution in [-0.4, -0.2) is 60.5 Å². The highest BCUT2D eigenvalue weighted by Gasteiger charge is 2.41. The van der Waals surface area contributed by atoms with Crippen LogP contribution in [0.15, 0.2) is 12.1 Å². The van der Waals surface area contributed by atoms with Gasteiger partial charge in [0.15, 0.2) is 11.6 Å². The summed E-state index contributed by atoms with van der Waals surface area (Å²) in [5, 5.41) is 8.46. The van der Waals surface area contributed by atoms with E-state index in [0.29, 0.717) is 23.7 Å². The number of aromatic amines is 1. The van der Waals surface area contributed by atoms with Crippen LogP contribution < -0.4 is 20.7 Å². The third kappa shape index (κ3) is 6.03. The van der Waals surface area contributed by atoms with Crippen molar-refractivity contribution in [2.24, 2.45) is 11.8 Å². The molecule has 0 bridgehead atoms. The van der Waals surface area contributed by atoms with Gasteiger partial charge in [0.1, 0.15) is 17.8 Å². The third-order valence-electron chi connectivity index (χ3n) is 7.02. The van der Waals surface area contributed by atoms with Crippen molar-refractivity contribution in [3.05, 3.63) is 28.7 Å². The summed E-state index contributed by atoms with van der Waals surface area (Å²) in [5.41, 5.74) is 0.0673. The zero-order valence-electron chi connectivity index (χ0n) is 21.7.